The summed E-state index contributed by atoms with van der Waals surface area (Å²) < 4.78 is 26.2. The molecule has 4 rings (SSSR count). The monoisotopic (exact) mass is 385 g/mol. The minimum absolute atomic E-state index is 0.0297. The molecule has 28 heavy (non-hydrogen) atoms. The third-order valence-corrected chi connectivity index (χ3v) is 5.10. The van der Waals surface area contributed by atoms with Crippen molar-refractivity contribution in [3.63, 3.8) is 0 Å². The minimum atomic E-state index is -1.23. The fourth-order valence-corrected chi connectivity index (χ4v) is 3.67. The van der Waals surface area contributed by atoms with Gasteiger partial charge in [0.2, 0.25) is 11.8 Å². The van der Waals surface area contributed by atoms with E-state index in [1.165, 1.54) is 29.3 Å². The molecule has 0 saturated carbocycles. The van der Waals surface area contributed by atoms with Crippen LogP contribution in [0.3, 0.4) is 0 Å². The zero-order valence-corrected chi connectivity index (χ0v) is 15.6. The van der Waals surface area contributed by atoms with Crippen LogP contribution in [-0.2, 0) is 15.1 Å². The number of guanidine groups is 1. The summed E-state index contributed by atoms with van der Waals surface area (Å²) in [6.45, 7) is 2.25. The lowest BCUT2D eigenvalue weighted by molar-refractivity contribution is -0.140. The van der Waals surface area contributed by atoms with Gasteiger partial charge >= 0.3 is 0 Å². The minimum Gasteiger partial charge on any atom is -0.437 e. The number of amides is 1. The summed E-state index contributed by atoms with van der Waals surface area (Å²) in [5, 5.41) is 0. The summed E-state index contributed by atoms with van der Waals surface area (Å²) in [7, 11) is 1.56. The summed E-state index contributed by atoms with van der Waals surface area (Å²) in [5.74, 6) is -0.605. The van der Waals surface area contributed by atoms with E-state index >= 15 is 0 Å². The molecule has 0 aliphatic carbocycles. The van der Waals surface area contributed by atoms with Crippen LogP contribution in [0.2, 0.25) is 0 Å². The van der Waals surface area contributed by atoms with Gasteiger partial charge in [0.15, 0.2) is 5.96 Å². The number of hydrogen-bond donors (Lipinski definition) is 1. The Bertz CT molecular complexity index is 966. The molecule has 2 aromatic rings. The van der Waals surface area contributed by atoms with Crippen molar-refractivity contribution in [2.45, 2.75) is 18.9 Å². The standard InChI is InChI=1S/C19H20FN5O3/c1-11-8-22-9-16(23-11)28-12-3-4-15(20)14(7-12)19-10-27-6-5-13(19)17(26)25(2)18(21)24-19/h3-4,7-9,13H,5-6,10H2,1-2H3,(H2,21,24)/t13-,19-/m0/s1. The molecule has 2 N–H and O–H groups in total. The predicted molar refractivity (Wildman–Crippen MR) is 98.2 cm³/mol. The molecule has 1 fully saturated rings. The lowest BCUT2D eigenvalue weighted by Crippen LogP contribution is -2.58. The first-order valence-corrected chi connectivity index (χ1v) is 8.88. The first-order chi connectivity index (χ1) is 13.4. The highest BCUT2D eigenvalue weighted by molar-refractivity contribution is 6.00. The van der Waals surface area contributed by atoms with E-state index in [1.54, 1.807) is 20.2 Å². The maximum absolute atomic E-state index is 14.9. The zero-order valence-electron chi connectivity index (χ0n) is 15.6. The normalized spacial score (nSPS) is 24.5. The highest BCUT2D eigenvalue weighted by Crippen LogP contribution is 2.44. The Hall–Kier alpha value is -3.07. The highest BCUT2D eigenvalue weighted by Gasteiger charge is 2.52. The molecule has 2 aliphatic heterocycles. The number of halogens is 1. The van der Waals surface area contributed by atoms with Gasteiger partial charge in [-0.3, -0.25) is 14.7 Å². The van der Waals surface area contributed by atoms with Crippen LogP contribution in [0.4, 0.5) is 4.39 Å². The smallest absolute Gasteiger partial charge is 0.238 e. The fourth-order valence-electron chi connectivity index (χ4n) is 3.67. The molecular formula is C19H20FN5O3. The Morgan fingerprint density at radius 3 is 3.00 bits per heavy atom. The zero-order chi connectivity index (χ0) is 19.9. The number of aromatic nitrogens is 2. The Kier molecular flexibility index (Phi) is 4.46. The number of hydrogen-bond acceptors (Lipinski definition) is 7. The third kappa shape index (κ3) is 2.97. The quantitative estimate of drug-likeness (QED) is 0.863. The molecule has 2 atom stereocenters. The van der Waals surface area contributed by atoms with Crippen molar-refractivity contribution in [1.82, 2.24) is 14.9 Å². The lowest BCUT2D eigenvalue weighted by atomic mass is 9.74. The molecule has 0 radical (unpaired) electrons. The predicted octanol–water partition coefficient (Wildman–Crippen LogP) is 1.73. The number of aryl methyl sites for hydroxylation is 1. The second-order valence-electron chi connectivity index (χ2n) is 6.93. The van der Waals surface area contributed by atoms with E-state index in [4.69, 9.17) is 15.2 Å². The van der Waals surface area contributed by atoms with E-state index in [1.807, 2.05) is 0 Å². The maximum Gasteiger partial charge on any atom is 0.238 e. The van der Waals surface area contributed by atoms with Gasteiger partial charge in [0.1, 0.15) is 17.1 Å². The third-order valence-electron chi connectivity index (χ3n) is 5.10. The van der Waals surface area contributed by atoms with Crippen LogP contribution in [0.15, 0.2) is 35.6 Å². The molecule has 146 valence electrons. The molecule has 2 aliphatic rings. The van der Waals surface area contributed by atoms with E-state index in [0.717, 1.165) is 0 Å². The van der Waals surface area contributed by atoms with Gasteiger partial charge in [-0.15, -0.1) is 0 Å². The average molecular weight is 385 g/mol. The van der Waals surface area contributed by atoms with Gasteiger partial charge in [0, 0.05) is 25.4 Å². The van der Waals surface area contributed by atoms with Crippen molar-refractivity contribution in [3.05, 3.63) is 47.7 Å². The lowest BCUT2D eigenvalue weighted by Gasteiger charge is -2.45. The molecule has 0 spiro atoms. The molecule has 8 nitrogen and oxygen atoms in total. The van der Waals surface area contributed by atoms with Crippen LogP contribution in [0.25, 0.3) is 0 Å². The maximum atomic E-state index is 14.9. The Balaban J connectivity index is 1.79. The first kappa shape index (κ1) is 18.3. The largest absolute Gasteiger partial charge is 0.437 e. The molecular weight excluding hydrogens is 365 g/mol. The second-order valence-corrected chi connectivity index (χ2v) is 6.93. The van der Waals surface area contributed by atoms with Crippen molar-refractivity contribution in [1.29, 1.82) is 0 Å². The van der Waals surface area contributed by atoms with Crippen LogP contribution in [0.1, 0.15) is 17.7 Å². The van der Waals surface area contributed by atoms with Gasteiger partial charge in [-0.05, 0) is 31.5 Å². The first-order valence-electron chi connectivity index (χ1n) is 8.88. The van der Waals surface area contributed by atoms with Crippen LogP contribution < -0.4 is 10.5 Å². The molecule has 1 aromatic heterocycles. The van der Waals surface area contributed by atoms with E-state index < -0.39 is 17.3 Å². The van der Waals surface area contributed by atoms with Crippen molar-refractivity contribution >= 4 is 11.9 Å². The number of benzene rings is 1. The van der Waals surface area contributed by atoms with Gasteiger partial charge in [-0.1, -0.05) is 0 Å². The van der Waals surface area contributed by atoms with Gasteiger partial charge < -0.3 is 15.2 Å². The van der Waals surface area contributed by atoms with Crippen LogP contribution in [0.5, 0.6) is 11.6 Å². The average Bonchev–Trinajstić information content (AvgIpc) is 2.68. The summed E-state index contributed by atoms with van der Waals surface area (Å²) in [5.41, 5.74) is 5.63. The molecule has 0 unspecified atom stereocenters. The van der Waals surface area contributed by atoms with Gasteiger partial charge in [0.05, 0.1) is 24.4 Å². The summed E-state index contributed by atoms with van der Waals surface area (Å²) in [6.07, 6.45) is 3.50. The van der Waals surface area contributed by atoms with Crippen molar-refractivity contribution in [3.8, 4) is 11.6 Å². The topological polar surface area (TPSA) is 103 Å². The van der Waals surface area contributed by atoms with E-state index in [2.05, 4.69) is 15.0 Å². The number of ether oxygens (including phenoxy) is 2. The number of carbonyl (C=O) groups is 1. The van der Waals surface area contributed by atoms with Crippen molar-refractivity contribution in [2.75, 3.05) is 20.3 Å². The molecule has 3 heterocycles. The Morgan fingerprint density at radius 1 is 1.39 bits per heavy atom. The van der Waals surface area contributed by atoms with Crippen LogP contribution >= 0.6 is 0 Å². The summed E-state index contributed by atoms with van der Waals surface area (Å²) >= 11 is 0. The van der Waals surface area contributed by atoms with Crippen LogP contribution in [-0.4, -0.2) is 47.0 Å². The van der Waals surface area contributed by atoms with E-state index in [9.17, 15) is 9.18 Å². The fraction of sp³-hybridized carbons (Fsp3) is 0.368. The number of nitrogens with zero attached hydrogens (tertiary/aromatic N) is 4. The van der Waals surface area contributed by atoms with Gasteiger partial charge in [-0.2, -0.15) is 0 Å². The van der Waals surface area contributed by atoms with E-state index in [0.29, 0.717) is 24.5 Å². The Morgan fingerprint density at radius 2 is 2.21 bits per heavy atom. The molecule has 1 saturated heterocycles. The molecule has 9 heteroatoms. The molecule has 1 amide bonds. The number of aliphatic imine (C=N–C) groups is 1. The Labute approximate surface area is 161 Å². The van der Waals surface area contributed by atoms with Crippen molar-refractivity contribution in [2.24, 2.45) is 16.6 Å². The molecule has 1 aromatic carbocycles. The number of rotatable bonds is 3. The number of fused-ring (bicyclic) bond motifs is 1. The molecule has 0 bridgehead atoms. The SMILES string of the molecule is Cc1cncc(Oc2ccc(F)c([C@]34COCC[C@H]3C(=O)N(C)C(N)=N4)c2)n1. The highest BCUT2D eigenvalue weighted by atomic mass is 19.1. The number of carbonyl (C=O) groups excluding carboxylic acids is 1. The van der Waals surface area contributed by atoms with Crippen molar-refractivity contribution < 1.29 is 18.7 Å². The van der Waals surface area contributed by atoms with E-state index in [-0.39, 0.29) is 29.9 Å². The summed E-state index contributed by atoms with van der Waals surface area (Å²) in [6, 6.07) is 4.29. The second kappa shape index (κ2) is 6.83. The van der Waals surface area contributed by atoms with Gasteiger partial charge in [-0.25, -0.2) is 14.4 Å². The van der Waals surface area contributed by atoms with Gasteiger partial charge in [0.25, 0.3) is 0 Å². The number of nitrogens with two attached hydrogens (primary N) is 1. The van der Waals surface area contributed by atoms with Crippen LogP contribution in [0, 0.1) is 18.7 Å². The summed E-state index contributed by atoms with van der Waals surface area (Å²) in [4.78, 5) is 26.9.